The zero-order valence-corrected chi connectivity index (χ0v) is 11.8. The number of rotatable bonds is 0. The van der Waals surface area contributed by atoms with E-state index >= 15 is 0 Å². The van der Waals surface area contributed by atoms with E-state index < -0.39 is 11.2 Å². The molecule has 0 bridgehead atoms. The molecule has 0 saturated heterocycles. The summed E-state index contributed by atoms with van der Waals surface area (Å²) in [5.41, 5.74) is 0.00869. The molecule has 0 aromatic heterocycles. The van der Waals surface area contributed by atoms with Crippen LogP contribution in [0.3, 0.4) is 0 Å². The minimum absolute atomic E-state index is 0.00644. The molecule has 2 aliphatic carbocycles. The summed E-state index contributed by atoms with van der Waals surface area (Å²) in [6.07, 6.45) is 2.35. The minimum atomic E-state index is -0.886. The van der Waals surface area contributed by atoms with Gasteiger partial charge in [0.2, 0.25) is 0 Å². The van der Waals surface area contributed by atoms with Gasteiger partial charge >= 0.3 is 5.97 Å². The smallest absolute Gasteiger partial charge is 0.334 e. The summed E-state index contributed by atoms with van der Waals surface area (Å²) in [4.78, 5) is 11.7. The van der Waals surface area contributed by atoms with Crippen LogP contribution in [0.15, 0.2) is 11.1 Å². The van der Waals surface area contributed by atoms with E-state index in [0.29, 0.717) is 24.8 Å². The van der Waals surface area contributed by atoms with E-state index in [1.807, 2.05) is 13.8 Å². The molecule has 0 aromatic carbocycles. The second kappa shape index (κ2) is 3.83. The van der Waals surface area contributed by atoms with Gasteiger partial charge in [-0.05, 0) is 57.4 Å². The number of esters is 1. The molecular weight excluding hydrogens is 244 g/mol. The molecule has 2 saturated carbocycles. The van der Waals surface area contributed by atoms with E-state index in [1.54, 1.807) is 6.92 Å². The number of ether oxygens (including phenoxy) is 1. The number of fused-ring (bicyclic) bond motifs is 2. The first-order chi connectivity index (χ1) is 8.72. The molecule has 3 aliphatic rings. The van der Waals surface area contributed by atoms with E-state index in [-0.39, 0.29) is 23.9 Å². The maximum Gasteiger partial charge on any atom is 0.334 e. The van der Waals surface area contributed by atoms with Gasteiger partial charge in [-0.25, -0.2) is 4.79 Å². The molecule has 0 unspecified atom stereocenters. The molecule has 0 spiro atoms. The minimum Gasteiger partial charge on any atom is -0.454 e. The monoisotopic (exact) mass is 266 g/mol. The normalized spacial score (nSPS) is 49.7. The molecule has 5 atom stereocenters. The average molecular weight is 266 g/mol. The lowest BCUT2D eigenvalue weighted by Gasteiger charge is -2.35. The maximum absolute atomic E-state index is 11.7. The van der Waals surface area contributed by atoms with Gasteiger partial charge < -0.3 is 14.9 Å². The van der Waals surface area contributed by atoms with Gasteiger partial charge in [-0.15, -0.1) is 0 Å². The van der Waals surface area contributed by atoms with Crippen LogP contribution in [-0.4, -0.2) is 33.5 Å². The summed E-state index contributed by atoms with van der Waals surface area (Å²) in [5, 5.41) is 21.3. The van der Waals surface area contributed by atoms with Crippen molar-refractivity contribution in [3.63, 3.8) is 0 Å². The van der Waals surface area contributed by atoms with Gasteiger partial charge in [-0.3, -0.25) is 0 Å². The lowest BCUT2D eigenvalue weighted by Crippen LogP contribution is -2.41. The number of aliphatic hydroxyl groups is 2. The standard InChI is InChI=1S/C15H22O4/c1-8-9-6-11-10(4-5-14(11,2)17)15(3,18)7-12(9)19-13(8)16/h10-12,17-18H,4-7H2,1-3H3/t10-,11+,12+,14+,15-/m1/s1. The first-order valence-electron chi connectivity index (χ1n) is 7.08. The van der Waals surface area contributed by atoms with E-state index in [4.69, 9.17) is 4.74 Å². The lowest BCUT2D eigenvalue weighted by atomic mass is 9.76. The third-order valence-electron chi connectivity index (χ3n) is 5.51. The van der Waals surface area contributed by atoms with E-state index in [2.05, 4.69) is 0 Å². The van der Waals surface area contributed by atoms with Crippen LogP contribution in [0.1, 0.15) is 46.5 Å². The summed E-state index contributed by atoms with van der Waals surface area (Å²) in [6, 6.07) is 0. The van der Waals surface area contributed by atoms with E-state index in [1.165, 1.54) is 0 Å². The van der Waals surface area contributed by atoms with Gasteiger partial charge in [0.25, 0.3) is 0 Å². The Morgan fingerprint density at radius 3 is 2.58 bits per heavy atom. The first kappa shape index (κ1) is 13.1. The van der Waals surface area contributed by atoms with Crippen molar-refractivity contribution < 1.29 is 19.7 Å². The molecule has 106 valence electrons. The van der Waals surface area contributed by atoms with Crippen molar-refractivity contribution in [1.29, 1.82) is 0 Å². The molecule has 1 heterocycles. The number of hydrogen-bond donors (Lipinski definition) is 2. The van der Waals surface area contributed by atoms with Gasteiger partial charge in [0.05, 0.1) is 11.2 Å². The molecule has 0 amide bonds. The second-order valence-corrected chi connectivity index (χ2v) is 6.92. The summed E-state index contributed by atoms with van der Waals surface area (Å²) in [7, 11) is 0. The number of hydrogen-bond acceptors (Lipinski definition) is 4. The summed E-state index contributed by atoms with van der Waals surface area (Å²) in [5.74, 6) is -0.189. The van der Waals surface area contributed by atoms with Crippen LogP contribution in [-0.2, 0) is 9.53 Å². The Balaban J connectivity index is 2.04. The molecule has 4 nitrogen and oxygen atoms in total. The fourth-order valence-electron chi connectivity index (χ4n) is 4.25. The Hall–Kier alpha value is -0.870. The second-order valence-electron chi connectivity index (χ2n) is 6.92. The fourth-order valence-corrected chi connectivity index (χ4v) is 4.25. The van der Waals surface area contributed by atoms with Crippen molar-refractivity contribution in [3.8, 4) is 0 Å². The highest BCUT2D eigenvalue weighted by Gasteiger charge is 2.55. The fraction of sp³-hybridized carbons (Fsp3) is 0.800. The molecule has 3 rings (SSSR count). The molecule has 0 radical (unpaired) electrons. The third kappa shape index (κ3) is 1.84. The lowest BCUT2D eigenvalue weighted by molar-refractivity contribution is -0.142. The molecule has 1 aliphatic heterocycles. The zero-order valence-electron chi connectivity index (χ0n) is 11.8. The third-order valence-corrected chi connectivity index (χ3v) is 5.51. The molecule has 19 heavy (non-hydrogen) atoms. The Kier molecular flexibility index (Phi) is 2.64. The average Bonchev–Trinajstić information content (AvgIpc) is 2.66. The highest BCUT2D eigenvalue weighted by atomic mass is 16.5. The van der Waals surface area contributed by atoms with Crippen molar-refractivity contribution >= 4 is 5.97 Å². The largest absolute Gasteiger partial charge is 0.454 e. The first-order valence-corrected chi connectivity index (χ1v) is 7.08. The highest BCUT2D eigenvalue weighted by molar-refractivity contribution is 5.91. The quantitative estimate of drug-likeness (QED) is 0.653. The van der Waals surface area contributed by atoms with Crippen LogP contribution in [0, 0.1) is 11.8 Å². The van der Waals surface area contributed by atoms with Gasteiger partial charge in [-0.2, -0.15) is 0 Å². The number of carbonyl (C=O) groups excluding carboxylic acids is 1. The summed E-state index contributed by atoms with van der Waals surface area (Å²) < 4.78 is 5.37. The van der Waals surface area contributed by atoms with Gasteiger partial charge in [0, 0.05) is 12.0 Å². The van der Waals surface area contributed by atoms with Crippen LogP contribution in [0.2, 0.25) is 0 Å². The van der Waals surface area contributed by atoms with Crippen LogP contribution >= 0.6 is 0 Å². The maximum atomic E-state index is 11.7. The predicted molar refractivity (Wildman–Crippen MR) is 69.3 cm³/mol. The van der Waals surface area contributed by atoms with E-state index in [0.717, 1.165) is 12.0 Å². The number of carbonyl (C=O) groups is 1. The van der Waals surface area contributed by atoms with Gasteiger partial charge in [0.1, 0.15) is 6.10 Å². The Labute approximate surface area is 113 Å². The summed E-state index contributed by atoms with van der Waals surface area (Å²) in [6.45, 7) is 5.45. The van der Waals surface area contributed by atoms with Crippen LogP contribution < -0.4 is 0 Å². The SMILES string of the molecule is CC1=C2C[C@H]3[C@@H](CC[C@]3(C)O)[C@](C)(O)C[C@@H]2OC1=O. The summed E-state index contributed by atoms with van der Waals surface area (Å²) >= 11 is 0. The van der Waals surface area contributed by atoms with Crippen molar-refractivity contribution in [3.05, 3.63) is 11.1 Å². The Morgan fingerprint density at radius 2 is 1.89 bits per heavy atom. The van der Waals surface area contributed by atoms with Crippen molar-refractivity contribution in [2.75, 3.05) is 0 Å². The Bertz CT molecular complexity index is 461. The van der Waals surface area contributed by atoms with Crippen molar-refractivity contribution in [2.45, 2.75) is 63.8 Å². The molecular formula is C15H22O4. The van der Waals surface area contributed by atoms with Crippen molar-refractivity contribution in [1.82, 2.24) is 0 Å². The van der Waals surface area contributed by atoms with Gasteiger partial charge in [-0.1, -0.05) is 0 Å². The van der Waals surface area contributed by atoms with Crippen LogP contribution in [0.4, 0.5) is 0 Å². The predicted octanol–water partition coefficient (Wildman–Crippen LogP) is 1.55. The van der Waals surface area contributed by atoms with Crippen LogP contribution in [0.5, 0.6) is 0 Å². The zero-order chi connectivity index (χ0) is 14.0. The van der Waals surface area contributed by atoms with Crippen molar-refractivity contribution in [2.24, 2.45) is 11.8 Å². The van der Waals surface area contributed by atoms with Gasteiger partial charge in [0.15, 0.2) is 0 Å². The molecule has 0 aromatic rings. The van der Waals surface area contributed by atoms with Crippen LogP contribution in [0.25, 0.3) is 0 Å². The molecule has 2 fully saturated rings. The Morgan fingerprint density at radius 1 is 1.21 bits per heavy atom. The van der Waals surface area contributed by atoms with E-state index in [9.17, 15) is 15.0 Å². The highest BCUT2D eigenvalue weighted by Crippen LogP contribution is 2.53. The topological polar surface area (TPSA) is 66.8 Å². The molecule has 4 heteroatoms. The molecule has 2 N–H and O–H groups in total.